The smallest absolute Gasteiger partial charge is 0.0543 e. The van der Waals surface area contributed by atoms with Crippen LogP contribution in [0.4, 0.5) is 0 Å². The number of aliphatic hydroxyl groups excluding tert-OH is 2. The molecule has 2 N–H and O–H groups in total. The second-order valence-corrected chi connectivity index (χ2v) is 11.5. The summed E-state index contributed by atoms with van der Waals surface area (Å²) in [5.74, 6) is 4.56. The van der Waals surface area contributed by atoms with Crippen LogP contribution in [0.2, 0.25) is 0 Å². The normalized spacial score (nSPS) is 50.6. The Labute approximate surface area is 167 Å². The minimum atomic E-state index is -0.128. The summed E-state index contributed by atoms with van der Waals surface area (Å²) in [6.45, 7) is 7.18. The van der Waals surface area contributed by atoms with E-state index >= 15 is 0 Å². The van der Waals surface area contributed by atoms with Gasteiger partial charge in [-0.05, 0) is 118 Å². The van der Waals surface area contributed by atoms with Crippen molar-refractivity contribution in [2.45, 2.75) is 116 Å². The summed E-state index contributed by atoms with van der Waals surface area (Å²) in [6.07, 6.45) is 16.8. The van der Waals surface area contributed by atoms with Crippen LogP contribution in [0.5, 0.6) is 0 Å². The minimum Gasteiger partial charge on any atom is -0.393 e. The number of unbranched alkanes of at least 4 members (excludes halogenated alkanes) is 1. The molecule has 0 aromatic heterocycles. The molecule has 0 aromatic carbocycles. The van der Waals surface area contributed by atoms with Gasteiger partial charge in [-0.15, -0.1) is 0 Å². The molecule has 4 aliphatic carbocycles. The monoisotopic (exact) mass is 376 g/mol. The van der Waals surface area contributed by atoms with Crippen molar-refractivity contribution in [2.24, 2.45) is 40.4 Å². The molecular formula is C25H44O2. The van der Waals surface area contributed by atoms with Crippen LogP contribution in [0.15, 0.2) is 0 Å². The maximum Gasteiger partial charge on any atom is 0.0543 e. The average Bonchev–Trinajstić information content (AvgIpc) is 2.96. The third kappa shape index (κ3) is 3.52. The van der Waals surface area contributed by atoms with Crippen molar-refractivity contribution >= 4 is 0 Å². The number of fused-ring (bicyclic) bond motifs is 5. The van der Waals surface area contributed by atoms with Crippen LogP contribution in [0.1, 0.15) is 104 Å². The lowest BCUT2D eigenvalue weighted by Crippen LogP contribution is -2.53. The van der Waals surface area contributed by atoms with Crippen LogP contribution in [0.25, 0.3) is 0 Å². The van der Waals surface area contributed by atoms with Gasteiger partial charge in [-0.3, -0.25) is 0 Å². The summed E-state index contributed by atoms with van der Waals surface area (Å²) in [6, 6.07) is 0. The molecule has 2 heteroatoms. The highest BCUT2D eigenvalue weighted by Crippen LogP contribution is 2.67. The quantitative estimate of drug-likeness (QED) is 0.582. The number of rotatable bonds is 5. The van der Waals surface area contributed by atoms with E-state index in [9.17, 15) is 10.2 Å². The van der Waals surface area contributed by atoms with Gasteiger partial charge in [-0.25, -0.2) is 0 Å². The molecule has 4 saturated carbocycles. The highest BCUT2D eigenvalue weighted by atomic mass is 16.3. The van der Waals surface area contributed by atoms with Crippen molar-refractivity contribution in [3.05, 3.63) is 0 Å². The summed E-state index contributed by atoms with van der Waals surface area (Å²) in [7, 11) is 0. The Morgan fingerprint density at radius 2 is 1.63 bits per heavy atom. The highest BCUT2D eigenvalue weighted by molar-refractivity contribution is 5.09. The average molecular weight is 377 g/mol. The van der Waals surface area contributed by atoms with E-state index in [0.29, 0.717) is 10.8 Å². The molecule has 4 fully saturated rings. The fourth-order valence-corrected chi connectivity index (χ4v) is 8.65. The topological polar surface area (TPSA) is 40.5 Å². The summed E-state index contributed by atoms with van der Waals surface area (Å²) in [4.78, 5) is 0. The van der Waals surface area contributed by atoms with Crippen LogP contribution in [-0.2, 0) is 0 Å². The van der Waals surface area contributed by atoms with Crippen LogP contribution in [0.3, 0.4) is 0 Å². The van der Waals surface area contributed by atoms with Gasteiger partial charge in [-0.1, -0.05) is 26.7 Å². The van der Waals surface area contributed by atoms with E-state index in [2.05, 4.69) is 13.8 Å². The number of aliphatic hydroxyl groups is 2. The molecule has 0 spiro atoms. The maximum atomic E-state index is 10.2. The molecule has 0 aromatic rings. The van der Waals surface area contributed by atoms with E-state index in [-0.39, 0.29) is 12.2 Å². The van der Waals surface area contributed by atoms with Gasteiger partial charge in [0.25, 0.3) is 0 Å². The first-order valence-electron chi connectivity index (χ1n) is 12.2. The zero-order valence-corrected chi connectivity index (χ0v) is 18.1. The maximum absolute atomic E-state index is 10.2. The third-order valence-electron chi connectivity index (χ3n) is 10.3. The Bertz CT molecular complexity index is 516. The van der Waals surface area contributed by atoms with Gasteiger partial charge in [0, 0.05) is 0 Å². The second kappa shape index (κ2) is 7.63. The van der Waals surface area contributed by atoms with Crippen molar-refractivity contribution in [1.29, 1.82) is 0 Å². The predicted molar refractivity (Wildman–Crippen MR) is 111 cm³/mol. The van der Waals surface area contributed by atoms with Crippen molar-refractivity contribution < 1.29 is 10.2 Å². The van der Waals surface area contributed by atoms with E-state index in [1.54, 1.807) is 0 Å². The van der Waals surface area contributed by atoms with Gasteiger partial charge in [0.15, 0.2) is 0 Å². The van der Waals surface area contributed by atoms with Crippen LogP contribution >= 0.6 is 0 Å². The highest BCUT2D eigenvalue weighted by Gasteiger charge is 2.59. The van der Waals surface area contributed by atoms with E-state index in [1.807, 2.05) is 6.92 Å². The fourth-order valence-electron chi connectivity index (χ4n) is 8.65. The second-order valence-electron chi connectivity index (χ2n) is 11.5. The first kappa shape index (κ1) is 20.2. The molecule has 0 heterocycles. The molecule has 9 atom stereocenters. The molecular weight excluding hydrogens is 332 g/mol. The lowest BCUT2D eigenvalue weighted by atomic mass is 9.44. The van der Waals surface area contributed by atoms with Gasteiger partial charge in [0.05, 0.1) is 12.2 Å². The predicted octanol–water partition coefficient (Wildman–Crippen LogP) is 5.95. The number of hydrogen-bond acceptors (Lipinski definition) is 2. The molecule has 0 bridgehead atoms. The molecule has 156 valence electrons. The van der Waals surface area contributed by atoms with E-state index in [0.717, 1.165) is 48.9 Å². The Balaban J connectivity index is 1.43. The first-order chi connectivity index (χ1) is 12.8. The van der Waals surface area contributed by atoms with Crippen molar-refractivity contribution in [1.82, 2.24) is 0 Å². The van der Waals surface area contributed by atoms with Crippen molar-refractivity contribution in [3.63, 3.8) is 0 Å². The number of hydrogen-bond donors (Lipinski definition) is 2. The van der Waals surface area contributed by atoms with Crippen molar-refractivity contribution in [3.8, 4) is 0 Å². The summed E-state index contributed by atoms with van der Waals surface area (Å²) in [5.41, 5.74) is 1.10. The molecule has 0 radical (unpaired) electrons. The minimum absolute atomic E-state index is 0.0222. The summed E-state index contributed by atoms with van der Waals surface area (Å²) in [5, 5.41) is 19.7. The Kier molecular flexibility index (Phi) is 5.71. The third-order valence-corrected chi connectivity index (χ3v) is 10.3. The molecule has 27 heavy (non-hydrogen) atoms. The van der Waals surface area contributed by atoms with Crippen LogP contribution in [0, 0.1) is 40.4 Å². The molecule has 0 amide bonds. The van der Waals surface area contributed by atoms with Gasteiger partial charge in [0.2, 0.25) is 0 Å². The lowest BCUT2D eigenvalue weighted by molar-refractivity contribution is -0.127. The van der Waals surface area contributed by atoms with Gasteiger partial charge in [-0.2, -0.15) is 0 Å². The van der Waals surface area contributed by atoms with Gasteiger partial charge in [0.1, 0.15) is 0 Å². The van der Waals surface area contributed by atoms with Gasteiger partial charge < -0.3 is 10.2 Å². The summed E-state index contributed by atoms with van der Waals surface area (Å²) >= 11 is 0. The largest absolute Gasteiger partial charge is 0.393 e. The van der Waals surface area contributed by atoms with Crippen molar-refractivity contribution in [2.75, 3.05) is 0 Å². The zero-order chi connectivity index (χ0) is 19.2. The van der Waals surface area contributed by atoms with Crippen LogP contribution < -0.4 is 0 Å². The molecule has 4 rings (SSSR count). The van der Waals surface area contributed by atoms with Crippen LogP contribution in [-0.4, -0.2) is 22.4 Å². The van der Waals surface area contributed by atoms with E-state index in [4.69, 9.17) is 0 Å². The molecule has 0 saturated heterocycles. The molecule has 0 aliphatic heterocycles. The molecule has 8 unspecified atom stereocenters. The molecule has 4 aliphatic rings. The Morgan fingerprint density at radius 1 is 0.889 bits per heavy atom. The Hall–Kier alpha value is -0.0800. The zero-order valence-electron chi connectivity index (χ0n) is 18.1. The standard InChI is InChI=1S/C25H44O2/c1-17(26)6-4-5-7-18-9-11-22-21-10-8-19-16-20(27)12-14-25(19,3)23(21)13-15-24(18,22)2/h17-23,26-27H,4-16H2,1-3H3/t17?,18-,19?,20?,21?,22?,23?,24?,25?/m0/s1. The van der Waals surface area contributed by atoms with E-state index in [1.165, 1.54) is 64.2 Å². The first-order valence-corrected chi connectivity index (χ1v) is 12.2. The SMILES string of the molecule is CC(O)CCCC[C@H]1CCC2C3CCC4CC(O)CCC4(C)C3CCC21C. The summed E-state index contributed by atoms with van der Waals surface area (Å²) < 4.78 is 0. The molecule has 2 nitrogen and oxygen atoms in total. The Morgan fingerprint density at radius 3 is 2.41 bits per heavy atom. The fraction of sp³-hybridized carbons (Fsp3) is 1.00. The lowest BCUT2D eigenvalue weighted by Gasteiger charge is -2.61. The van der Waals surface area contributed by atoms with E-state index < -0.39 is 0 Å². The van der Waals surface area contributed by atoms with Gasteiger partial charge >= 0.3 is 0 Å².